The number of hydrogen-bond donors (Lipinski definition) is 0. The monoisotopic (exact) mass is 1190 g/mol. The Morgan fingerprint density at radius 2 is 0.655 bits per heavy atom. The molecule has 0 atom stereocenters. The maximum absolute atomic E-state index is 6.34. The van der Waals surface area contributed by atoms with Gasteiger partial charge in [0.25, 0.3) is 0 Å². The van der Waals surface area contributed by atoms with Gasteiger partial charge in [0.05, 0.1) is 11.2 Å². The Kier molecular flexibility index (Phi) is 14.9. The van der Waals surface area contributed by atoms with Crippen LogP contribution < -0.4 is 5.46 Å². The molecule has 2 aromatic heterocycles. The Labute approximate surface area is 510 Å². The summed E-state index contributed by atoms with van der Waals surface area (Å²) >= 11 is 7.37. The number of hydrogen-bond acceptors (Lipinski definition) is 4. The van der Waals surface area contributed by atoms with Gasteiger partial charge in [-0.2, -0.15) is 0 Å². The SMILES string of the molecule is CC1(C)OB(c2c3ccccc3cc3ccccc23)OC1(C)C.Cc1ccc(-c2sc3cc(-c4c5ccccc5cc5ccccc45)ccc3c2-c2ccc(C)cc2)cc1.Cc1ccc(-c2sc3cc(Br)ccc3c2-c2ccc(C)cc2)cc1. The van der Waals surface area contributed by atoms with Crippen LogP contribution in [-0.4, -0.2) is 18.3 Å². The average Bonchev–Trinajstić information content (AvgIpc) is 2.85. The minimum atomic E-state index is -0.351. The first-order valence-electron chi connectivity index (χ1n) is 28.9. The summed E-state index contributed by atoms with van der Waals surface area (Å²) in [4.78, 5) is 2.67. The summed E-state index contributed by atoms with van der Waals surface area (Å²) in [7, 11) is -0.351. The molecule has 12 aromatic carbocycles. The molecule has 6 heteroatoms. The van der Waals surface area contributed by atoms with Crippen LogP contribution in [0.4, 0.5) is 0 Å². The van der Waals surface area contributed by atoms with Crippen LogP contribution >= 0.6 is 38.6 Å². The van der Waals surface area contributed by atoms with Gasteiger partial charge < -0.3 is 9.31 Å². The van der Waals surface area contributed by atoms with Gasteiger partial charge in [0, 0.05) is 45.5 Å². The quantitative estimate of drug-likeness (QED) is 0.122. The molecule has 1 aliphatic rings. The molecule has 0 amide bonds. The maximum Gasteiger partial charge on any atom is 0.496 e. The predicted octanol–water partition coefficient (Wildman–Crippen LogP) is 22.7. The van der Waals surface area contributed by atoms with Gasteiger partial charge in [-0.25, -0.2) is 0 Å². The lowest BCUT2D eigenvalue weighted by molar-refractivity contribution is 0.00578. The molecule has 0 spiro atoms. The van der Waals surface area contributed by atoms with E-state index in [1.807, 2.05) is 22.7 Å². The first-order chi connectivity index (χ1) is 40.7. The van der Waals surface area contributed by atoms with Gasteiger partial charge in [-0.3, -0.25) is 0 Å². The zero-order chi connectivity index (χ0) is 57.9. The molecule has 1 saturated heterocycles. The van der Waals surface area contributed by atoms with E-state index < -0.39 is 0 Å². The van der Waals surface area contributed by atoms with Crippen molar-refractivity contribution in [1.82, 2.24) is 0 Å². The number of aryl methyl sites for hydroxylation is 4. The third-order valence-corrected chi connectivity index (χ3v) is 19.9. The van der Waals surface area contributed by atoms with Crippen molar-refractivity contribution in [3.8, 4) is 54.3 Å². The van der Waals surface area contributed by atoms with Crippen LogP contribution in [0.2, 0.25) is 0 Å². The number of halogens is 1. The van der Waals surface area contributed by atoms with Crippen molar-refractivity contribution < 1.29 is 9.31 Å². The summed E-state index contributed by atoms with van der Waals surface area (Å²) in [5, 5.41) is 12.6. The normalized spacial score (nSPS) is 13.6. The molecule has 14 aromatic rings. The minimum Gasteiger partial charge on any atom is -0.399 e. The highest BCUT2D eigenvalue weighted by Gasteiger charge is 2.52. The lowest BCUT2D eigenvalue weighted by atomic mass is 9.73. The van der Waals surface area contributed by atoms with Gasteiger partial charge >= 0.3 is 7.12 Å². The first kappa shape index (κ1) is 55.3. The van der Waals surface area contributed by atoms with E-state index in [1.165, 1.54) is 140 Å². The van der Waals surface area contributed by atoms with Gasteiger partial charge in [-0.05, 0) is 168 Å². The van der Waals surface area contributed by atoms with Crippen molar-refractivity contribution in [1.29, 1.82) is 0 Å². The topological polar surface area (TPSA) is 18.5 Å². The summed E-state index contributed by atoms with van der Waals surface area (Å²) < 4.78 is 16.5. The third kappa shape index (κ3) is 10.6. The van der Waals surface area contributed by atoms with Gasteiger partial charge in [-0.1, -0.05) is 251 Å². The minimum absolute atomic E-state index is 0.338. The molecule has 2 nitrogen and oxygen atoms in total. The lowest BCUT2D eigenvalue weighted by Gasteiger charge is -2.32. The maximum atomic E-state index is 6.34. The fourth-order valence-corrected chi connectivity index (χ4v) is 14.8. The van der Waals surface area contributed by atoms with Gasteiger partial charge in [0.2, 0.25) is 0 Å². The summed E-state index contributed by atoms with van der Waals surface area (Å²) in [5.41, 5.74) is 16.0. The molecule has 0 radical (unpaired) electrons. The van der Waals surface area contributed by atoms with E-state index in [9.17, 15) is 0 Å². The highest BCUT2D eigenvalue weighted by Crippen LogP contribution is 2.49. The van der Waals surface area contributed by atoms with Gasteiger partial charge in [0.15, 0.2) is 0 Å². The standard InChI is InChI=1S/C36H26S.C22H17BrS.C20H21BO2/c1-23-11-15-25(16-12-23)35-32-20-19-29(22-33(32)37-36(35)26-17-13-24(2)14-18-26)34-30-9-5-3-7-27(30)21-28-8-4-6-10-31(28)34;1-14-3-7-16(8-4-14)21-19-12-11-18(23)13-20(19)24-22(21)17-9-5-15(2)6-10-17;1-19(2)20(3,4)23-21(22-19)18-16-11-7-5-9-14(16)13-15-10-6-8-12-17(15)18/h3-22H,1-2H3;3-13H,1-2H3;5-13H,1-4H3. The number of thiophene rings is 2. The Morgan fingerprint density at radius 3 is 1.07 bits per heavy atom. The first-order valence-corrected chi connectivity index (χ1v) is 31.3. The van der Waals surface area contributed by atoms with E-state index in [2.05, 4.69) is 314 Å². The zero-order valence-electron chi connectivity index (χ0n) is 48.7. The van der Waals surface area contributed by atoms with Crippen LogP contribution in [0.3, 0.4) is 0 Å². The Hall–Kier alpha value is -7.94. The van der Waals surface area contributed by atoms with Gasteiger partial charge in [0.1, 0.15) is 0 Å². The van der Waals surface area contributed by atoms with Crippen LogP contribution in [-0.2, 0) is 9.31 Å². The van der Waals surface area contributed by atoms with Crippen molar-refractivity contribution in [2.24, 2.45) is 0 Å². The molecular formula is C78H64BBrO2S2. The van der Waals surface area contributed by atoms with Crippen molar-refractivity contribution >= 4 is 114 Å². The molecule has 0 N–H and O–H groups in total. The zero-order valence-corrected chi connectivity index (χ0v) is 51.9. The second-order valence-corrected chi connectivity index (χ2v) is 26.5. The van der Waals surface area contributed by atoms with E-state index in [4.69, 9.17) is 9.31 Å². The van der Waals surface area contributed by atoms with E-state index in [1.54, 1.807) is 0 Å². The molecule has 3 heterocycles. The van der Waals surface area contributed by atoms with E-state index >= 15 is 0 Å². The highest BCUT2D eigenvalue weighted by molar-refractivity contribution is 9.10. The average molecular weight is 1190 g/mol. The summed E-state index contributed by atoms with van der Waals surface area (Å²) in [5.74, 6) is 0. The number of benzene rings is 12. The molecule has 1 aliphatic heterocycles. The van der Waals surface area contributed by atoms with Crippen LogP contribution in [0.1, 0.15) is 49.9 Å². The van der Waals surface area contributed by atoms with E-state index in [0.717, 1.165) is 9.94 Å². The molecule has 15 rings (SSSR count). The fourth-order valence-electron chi connectivity index (χ4n) is 11.7. The molecular weight excluding hydrogens is 1120 g/mol. The van der Waals surface area contributed by atoms with E-state index in [0.29, 0.717) is 0 Å². The molecule has 0 saturated carbocycles. The van der Waals surface area contributed by atoms with Crippen LogP contribution in [0, 0.1) is 27.7 Å². The highest BCUT2D eigenvalue weighted by atomic mass is 79.9. The Bertz CT molecular complexity index is 4640. The molecule has 84 heavy (non-hydrogen) atoms. The van der Waals surface area contributed by atoms with Crippen molar-refractivity contribution in [3.05, 3.63) is 269 Å². The molecule has 0 aliphatic carbocycles. The van der Waals surface area contributed by atoms with Crippen molar-refractivity contribution in [2.45, 2.75) is 66.6 Å². The van der Waals surface area contributed by atoms with Crippen LogP contribution in [0.15, 0.2) is 247 Å². The van der Waals surface area contributed by atoms with Crippen molar-refractivity contribution in [2.75, 3.05) is 0 Å². The summed E-state index contributed by atoms with van der Waals surface area (Å²) in [6.07, 6.45) is 0. The predicted molar refractivity (Wildman–Crippen MR) is 370 cm³/mol. The number of rotatable bonds is 6. The second kappa shape index (κ2) is 22.6. The number of fused-ring (bicyclic) bond motifs is 6. The second-order valence-electron chi connectivity index (χ2n) is 23.4. The molecule has 1 fully saturated rings. The fraction of sp³-hybridized carbons (Fsp3) is 0.128. The van der Waals surface area contributed by atoms with Crippen molar-refractivity contribution in [3.63, 3.8) is 0 Å². The van der Waals surface area contributed by atoms with Crippen LogP contribution in [0.5, 0.6) is 0 Å². The Morgan fingerprint density at radius 1 is 0.321 bits per heavy atom. The molecule has 0 unspecified atom stereocenters. The smallest absolute Gasteiger partial charge is 0.399 e. The van der Waals surface area contributed by atoms with Gasteiger partial charge in [-0.15, -0.1) is 22.7 Å². The Balaban J connectivity index is 0.000000123. The summed E-state index contributed by atoms with van der Waals surface area (Å²) in [6, 6.07) is 88.2. The summed E-state index contributed by atoms with van der Waals surface area (Å²) in [6.45, 7) is 17.0. The molecule has 410 valence electrons. The largest absolute Gasteiger partial charge is 0.496 e. The van der Waals surface area contributed by atoms with Crippen LogP contribution in [0.25, 0.3) is 118 Å². The molecule has 0 bridgehead atoms. The third-order valence-electron chi connectivity index (χ3n) is 17.0. The van der Waals surface area contributed by atoms with E-state index in [-0.39, 0.29) is 18.3 Å². The lowest BCUT2D eigenvalue weighted by Crippen LogP contribution is -2.41.